The molecule has 1 aromatic carbocycles. The van der Waals surface area contributed by atoms with E-state index < -0.39 is 0 Å². The monoisotopic (exact) mass is 463 g/mol. The summed E-state index contributed by atoms with van der Waals surface area (Å²) in [5.74, 6) is 3.59. The molecular formula is C27H41N7. The number of anilines is 4. The average molecular weight is 464 g/mol. The number of rotatable bonds is 4. The van der Waals surface area contributed by atoms with Gasteiger partial charge in [-0.05, 0) is 30.7 Å². The number of aryl methyl sites for hydroxylation is 1. The Morgan fingerprint density at radius 3 is 2.26 bits per heavy atom. The molecule has 0 bridgehead atoms. The minimum atomic E-state index is 0.763. The van der Waals surface area contributed by atoms with Crippen molar-refractivity contribution in [3.63, 3.8) is 0 Å². The van der Waals surface area contributed by atoms with E-state index in [-0.39, 0.29) is 0 Å². The van der Waals surface area contributed by atoms with Gasteiger partial charge in [0.15, 0.2) is 0 Å². The Balaban J connectivity index is 0.000000970. The lowest BCUT2D eigenvalue weighted by molar-refractivity contribution is 0.379. The van der Waals surface area contributed by atoms with E-state index in [9.17, 15) is 0 Å². The molecule has 0 aliphatic carbocycles. The Bertz CT molecular complexity index is 971. The summed E-state index contributed by atoms with van der Waals surface area (Å²) in [7, 11) is 4.01. The molecule has 1 saturated heterocycles. The Morgan fingerprint density at radius 1 is 0.882 bits per heavy atom. The number of benzene rings is 1. The van der Waals surface area contributed by atoms with Crippen LogP contribution in [0.5, 0.6) is 0 Å². The van der Waals surface area contributed by atoms with E-state index in [1.807, 2.05) is 71.1 Å². The maximum Gasteiger partial charge on any atom is 0.229 e. The summed E-state index contributed by atoms with van der Waals surface area (Å²) in [4.78, 5) is 20.8. The molecule has 0 unspecified atom stereocenters. The zero-order chi connectivity index (χ0) is 24.9. The molecule has 34 heavy (non-hydrogen) atoms. The summed E-state index contributed by atoms with van der Waals surface area (Å²) in [6, 6.07) is 10.3. The molecular weight excluding hydrogens is 422 g/mol. The standard InChI is InChI=1S/C23H29N7.2C2H6/c1-18-8-7-9-19(16-18)25-20-17-22(28(2)3)27-23(26-20)30-14-12-29(13-15-30)21-10-5-4-6-11-24-21;2*1-2/h4-9,11,16-17H,10,12-15H2,1-3H3,(H,25,26,27);2*1-2H3. The van der Waals surface area contributed by atoms with Gasteiger partial charge in [0.25, 0.3) is 0 Å². The van der Waals surface area contributed by atoms with Gasteiger partial charge >= 0.3 is 0 Å². The lowest BCUT2D eigenvalue weighted by atomic mass is 10.2. The van der Waals surface area contributed by atoms with Crippen LogP contribution in [0, 0.1) is 6.92 Å². The van der Waals surface area contributed by atoms with Gasteiger partial charge in [0.2, 0.25) is 5.95 Å². The number of nitrogens with one attached hydrogen (secondary N) is 1. The van der Waals surface area contributed by atoms with Crippen molar-refractivity contribution >= 4 is 29.1 Å². The zero-order valence-electron chi connectivity index (χ0n) is 21.9. The molecule has 2 aromatic rings. The van der Waals surface area contributed by atoms with Crippen LogP contribution in [0.1, 0.15) is 39.7 Å². The van der Waals surface area contributed by atoms with Crippen molar-refractivity contribution in [3.8, 4) is 0 Å². The molecule has 1 fully saturated rings. The van der Waals surface area contributed by atoms with Gasteiger partial charge in [-0.3, -0.25) is 0 Å². The molecule has 0 saturated carbocycles. The van der Waals surface area contributed by atoms with Crippen molar-refractivity contribution in [2.45, 2.75) is 41.0 Å². The van der Waals surface area contributed by atoms with Gasteiger partial charge in [-0.1, -0.05) is 52.0 Å². The van der Waals surface area contributed by atoms with E-state index in [4.69, 9.17) is 9.97 Å². The molecule has 0 spiro atoms. The third-order valence-corrected chi connectivity index (χ3v) is 5.23. The number of aliphatic imine (C=N–C) groups is 1. The molecule has 0 amide bonds. The maximum atomic E-state index is 4.82. The first-order chi connectivity index (χ1) is 16.6. The van der Waals surface area contributed by atoms with Crippen molar-refractivity contribution < 1.29 is 0 Å². The van der Waals surface area contributed by atoms with Crippen LogP contribution in [0.4, 0.5) is 23.3 Å². The molecule has 3 heterocycles. The van der Waals surface area contributed by atoms with Crippen LogP contribution in [0.15, 0.2) is 59.8 Å². The van der Waals surface area contributed by atoms with Crippen LogP contribution in [-0.4, -0.2) is 61.0 Å². The number of piperazine rings is 1. The number of allylic oxidation sites excluding steroid dienone is 2. The number of nitrogens with zero attached hydrogens (tertiary/aromatic N) is 6. The average Bonchev–Trinajstić information content (AvgIpc) is 3.16. The topological polar surface area (TPSA) is 59.9 Å². The van der Waals surface area contributed by atoms with Crippen LogP contribution >= 0.6 is 0 Å². The highest BCUT2D eigenvalue weighted by Crippen LogP contribution is 2.23. The van der Waals surface area contributed by atoms with Gasteiger partial charge in [0.05, 0.1) is 0 Å². The third kappa shape index (κ3) is 7.61. The fraction of sp³-hybridized carbons (Fsp3) is 0.444. The molecule has 7 nitrogen and oxygen atoms in total. The summed E-state index contributed by atoms with van der Waals surface area (Å²) in [6.45, 7) is 13.7. The lowest BCUT2D eigenvalue weighted by Gasteiger charge is -2.36. The predicted octanol–water partition coefficient (Wildman–Crippen LogP) is 5.64. The molecule has 1 aromatic heterocycles. The summed E-state index contributed by atoms with van der Waals surface area (Å²) >= 11 is 0. The fourth-order valence-corrected chi connectivity index (χ4v) is 3.59. The minimum Gasteiger partial charge on any atom is -0.363 e. The van der Waals surface area contributed by atoms with E-state index in [0.717, 1.165) is 61.7 Å². The van der Waals surface area contributed by atoms with Crippen LogP contribution in [-0.2, 0) is 0 Å². The van der Waals surface area contributed by atoms with Gasteiger partial charge in [0, 0.05) is 64.6 Å². The van der Waals surface area contributed by atoms with Gasteiger partial charge in [-0.25, -0.2) is 4.99 Å². The first-order valence-corrected chi connectivity index (χ1v) is 12.4. The van der Waals surface area contributed by atoms with Crippen molar-refractivity contribution in [1.29, 1.82) is 0 Å². The van der Waals surface area contributed by atoms with Crippen LogP contribution in [0.25, 0.3) is 0 Å². The van der Waals surface area contributed by atoms with E-state index in [1.165, 1.54) is 5.56 Å². The second-order valence-corrected chi connectivity index (χ2v) is 7.79. The Labute approximate surface area is 205 Å². The Morgan fingerprint density at radius 2 is 1.59 bits per heavy atom. The fourth-order valence-electron chi connectivity index (χ4n) is 3.59. The largest absolute Gasteiger partial charge is 0.363 e. The van der Waals surface area contributed by atoms with Crippen LogP contribution < -0.4 is 15.1 Å². The van der Waals surface area contributed by atoms with E-state index in [1.54, 1.807) is 0 Å². The van der Waals surface area contributed by atoms with Crippen molar-refractivity contribution in [2.24, 2.45) is 4.99 Å². The van der Waals surface area contributed by atoms with Crippen molar-refractivity contribution in [1.82, 2.24) is 14.9 Å². The summed E-state index contributed by atoms with van der Waals surface area (Å²) in [5.41, 5.74) is 2.24. The molecule has 4 rings (SSSR count). The number of aromatic nitrogens is 2. The third-order valence-electron chi connectivity index (χ3n) is 5.23. The van der Waals surface area contributed by atoms with Crippen LogP contribution in [0.2, 0.25) is 0 Å². The Kier molecular flexibility index (Phi) is 11.1. The van der Waals surface area contributed by atoms with Gasteiger partial charge in [-0.2, -0.15) is 9.97 Å². The van der Waals surface area contributed by atoms with Crippen molar-refractivity contribution in [2.75, 3.05) is 55.4 Å². The first-order valence-electron chi connectivity index (χ1n) is 12.4. The maximum absolute atomic E-state index is 4.82. The van der Waals surface area contributed by atoms with Crippen molar-refractivity contribution in [3.05, 3.63) is 60.3 Å². The number of hydrogen-bond donors (Lipinski definition) is 1. The van der Waals surface area contributed by atoms with Crippen LogP contribution in [0.3, 0.4) is 0 Å². The lowest BCUT2D eigenvalue weighted by Crippen LogP contribution is -2.49. The molecule has 0 atom stereocenters. The first kappa shape index (κ1) is 26.9. The predicted molar refractivity (Wildman–Crippen MR) is 148 cm³/mol. The molecule has 7 heteroatoms. The van der Waals surface area contributed by atoms with Gasteiger partial charge < -0.3 is 20.0 Å². The summed E-state index contributed by atoms with van der Waals surface area (Å²) in [5, 5.41) is 3.44. The molecule has 2 aliphatic rings. The molecule has 2 aliphatic heterocycles. The van der Waals surface area contributed by atoms with Gasteiger partial charge in [-0.15, -0.1) is 0 Å². The second-order valence-electron chi connectivity index (χ2n) is 7.79. The normalized spacial score (nSPS) is 14.7. The zero-order valence-corrected chi connectivity index (χ0v) is 21.9. The second kappa shape index (κ2) is 14.0. The highest BCUT2D eigenvalue weighted by molar-refractivity contribution is 5.85. The SMILES string of the molecule is CC.CC.Cc1cccc(Nc2cc(N(C)C)nc(N3CCN(C4=NC=CC=CC4)CC3)n2)c1. The Hall–Kier alpha value is -3.35. The minimum absolute atomic E-state index is 0.763. The van der Waals surface area contributed by atoms with Gasteiger partial charge in [0.1, 0.15) is 17.5 Å². The van der Waals surface area contributed by atoms with E-state index in [2.05, 4.69) is 57.4 Å². The highest BCUT2D eigenvalue weighted by atomic mass is 15.3. The van der Waals surface area contributed by atoms with E-state index >= 15 is 0 Å². The highest BCUT2D eigenvalue weighted by Gasteiger charge is 2.22. The summed E-state index contributed by atoms with van der Waals surface area (Å²) in [6.07, 6.45) is 8.94. The number of hydrogen-bond acceptors (Lipinski definition) is 7. The number of amidine groups is 1. The molecule has 1 N–H and O–H groups in total. The quantitative estimate of drug-likeness (QED) is 0.633. The van der Waals surface area contributed by atoms with E-state index in [0.29, 0.717) is 0 Å². The summed E-state index contributed by atoms with van der Waals surface area (Å²) < 4.78 is 0. The molecule has 184 valence electrons. The molecule has 0 radical (unpaired) electrons. The smallest absolute Gasteiger partial charge is 0.229 e.